The maximum atomic E-state index is 14.0. The van der Waals surface area contributed by atoms with E-state index in [2.05, 4.69) is 26.0 Å². The molecule has 0 aromatic rings. The lowest BCUT2D eigenvalue weighted by molar-refractivity contribution is -0.360. The molecule has 1 aliphatic carbocycles. The first-order chi connectivity index (χ1) is 38.4. The van der Waals surface area contributed by atoms with Crippen molar-refractivity contribution in [2.45, 2.75) is 304 Å². The summed E-state index contributed by atoms with van der Waals surface area (Å²) in [4.78, 5) is 37.5. The highest BCUT2D eigenvalue weighted by atomic mass is 31.2. The lowest BCUT2D eigenvalue weighted by Gasteiger charge is -2.49. The molecule has 0 bridgehead atoms. The number of phosphoric ester groups is 1. The van der Waals surface area contributed by atoms with Gasteiger partial charge in [-0.15, -0.1) is 0 Å². The second-order valence-electron chi connectivity index (χ2n) is 21.9. The van der Waals surface area contributed by atoms with Gasteiger partial charge in [-0.1, -0.05) is 161 Å². The third-order valence-corrected chi connectivity index (χ3v) is 16.1. The number of esters is 2. The van der Waals surface area contributed by atoms with Crippen LogP contribution in [0.3, 0.4) is 0 Å². The highest BCUT2D eigenvalue weighted by molar-refractivity contribution is 7.47. The van der Waals surface area contributed by atoms with Crippen LogP contribution in [0.4, 0.5) is 0 Å². The van der Waals surface area contributed by atoms with Crippen LogP contribution in [0.2, 0.25) is 0 Å². The Labute approximate surface area is 473 Å². The first-order valence-corrected chi connectivity index (χ1v) is 31.5. The lowest BCUT2D eigenvalue weighted by Crippen LogP contribution is -2.69. The van der Waals surface area contributed by atoms with E-state index in [0.29, 0.717) is 12.8 Å². The topological polar surface area (TPSA) is 368 Å². The summed E-state index contributed by atoms with van der Waals surface area (Å²) in [5.41, 5.74) is 0. The minimum atomic E-state index is -5.63. The Kier molecular flexibility index (Phi) is 37.4. The molecule has 3 fully saturated rings. The van der Waals surface area contributed by atoms with Crippen LogP contribution < -0.4 is 0 Å². The Hall–Kier alpha value is -1.81. The molecule has 0 amide bonds. The van der Waals surface area contributed by atoms with Gasteiger partial charge in [0.25, 0.3) is 0 Å². The number of allylic oxidation sites excluding steroid dienone is 2. The molecule has 23 nitrogen and oxygen atoms in total. The summed E-state index contributed by atoms with van der Waals surface area (Å²) in [5.74, 6) is -1.33. The Morgan fingerprint density at radius 2 is 0.825 bits per heavy atom. The number of hydrogen-bond acceptors (Lipinski definition) is 22. The smallest absolute Gasteiger partial charge is 0.462 e. The fourth-order valence-corrected chi connectivity index (χ4v) is 11.0. The van der Waals surface area contributed by atoms with Crippen LogP contribution in [-0.2, 0) is 51.6 Å². The minimum Gasteiger partial charge on any atom is -0.462 e. The van der Waals surface area contributed by atoms with E-state index in [1.54, 1.807) is 0 Å². The van der Waals surface area contributed by atoms with Gasteiger partial charge >= 0.3 is 19.8 Å². The van der Waals surface area contributed by atoms with E-state index in [-0.39, 0.29) is 12.8 Å². The zero-order valence-electron chi connectivity index (χ0n) is 47.6. The van der Waals surface area contributed by atoms with Gasteiger partial charge in [-0.25, -0.2) is 4.57 Å². The van der Waals surface area contributed by atoms with Gasteiger partial charge in [0.15, 0.2) is 18.7 Å². The zero-order chi connectivity index (χ0) is 58.9. The molecule has 24 heteroatoms. The maximum Gasteiger partial charge on any atom is 0.472 e. The molecule has 16 unspecified atom stereocenters. The van der Waals surface area contributed by atoms with Crippen molar-refractivity contribution in [1.82, 2.24) is 0 Å². The van der Waals surface area contributed by atoms with Crippen LogP contribution in [0.5, 0.6) is 0 Å². The molecule has 2 aliphatic heterocycles. The van der Waals surface area contributed by atoms with E-state index in [4.69, 9.17) is 37.5 Å². The molecule has 470 valence electrons. The molecule has 2 heterocycles. The molecule has 0 aromatic heterocycles. The van der Waals surface area contributed by atoms with E-state index >= 15 is 0 Å². The molecule has 0 aromatic carbocycles. The second kappa shape index (κ2) is 41.3. The van der Waals surface area contributed by atoms with Crippen molar-refractivity contribution in [2.24, 2.45) is 0 Å². The van der Waals surface area contributed by atoms with Crippen molar-refractivity contribution in [1.29, 1.82) is 0 Å². The normalized spacial score (nSPS) is 31.3. The molecule has 16 atom stereocenters. The molecule has 2 saturated heterocycles. The van der Waals surface area contributed by atoms with Gasteiger partial charge in [0.05, 0.1) is 19.8 Å². The number of hydrogen-bond donors (Lipinski definition) is 12. The Balaban J connectivity index is 1.69. The minimum absolute atomic E-state index is 0.0281. The van der Waals surface area contributed by atoms with Crippen LogP contribution in [-0.4, -0.2) is 204 Å². The average Bonchev–Trinajstić information content (AvgIpc) is 3.53. The molecule has 1 saturated carbocycles. The highest BCUT2D eigenvalue weighted by Gasteiger charge is 2.58. The number of unbranched alkanes of at least 4 members (excludes halogenated alkanes) is 24. The monoisotopic (exact) mass is 1170 g/mol. The van der Waals surface area contributed by atoms with E-state index in [1.165, 1.54) is 77.0 Å². The van der Waals surface area contributed by atoms with Crippen LogP contribution in [0, 0.1) is 0 Å². The predicted octanol–water partition coefficient (Wildman–Crippen LogP) is 4.32. The van der Waals surface area contributed by atoms with Gasteiger partial charge in [0.2, 0.25) is 0 Å². The summed E-state index contributed by atoms with van der Waals surface area (Å²) in [6, 6.07) is 0. The van der Waals surface area contributed by atoms with Gasteiger partial charge in [-0.3, -0.25) is 18.6 Å². The van der Waals surface area contributed by atoms with Crippen molar-refractivity contribution in [2.75, 3.05) is 26.4 Å². The standard InChI is InChI=1S/C56H103O23P/c1-3-5-7-9-11-13-15-17-19-21-22-24-26-28-30-32-41(59)72-36-38(74-42(60)33-31-29-27-25-23-20-18-16-14-12-10-8-6-4-2)37-73-80(70,71)79-54-52(77-55-50(68)45(63)43(61)39(34-57)75-55)48(66)47(65)49(67)53(54)78-56-51(69)46(64)44(62)40(35-58)76-56/h13,15,38-40,43-58,61-69H,3-12,14,16-37H2,1-2H3,(H,70,71). The van der Waals surface area contributed by atoms with Gasteiger partial charge in [0, 0.05) is 12.8 Å². The molecule has 12 N–H and O–H groups in total. The number of carbonyl (C=O) groups is 2. The summed E-state index contributed by atoms with van der Waals surface area (Å²) < 4.78 is 58.1. The third kappa shape index (κ3) is 26.6. The van der Waals surface area contributed by atoms with E-state index in [1.807, 2.05) is 0 Å². The number of ether oxygens (including phenoxy) is 6. The summed E-state index contributed by atoms with van der Waals surface area (Å²) in [7, 11) is -5.63. The lowest BCUT2D eigenvalue weighted by atomic mass is 9.84. The maximum absolute atomic E-state index is 14.0. The van der Waals surface area contributed by atoms with E-state index in [9.17, 15) is 75.2 Å². The average molecular weight is 1180 g/mol. The number of phosphoric acid groups is 1. The molecule has 80 heavy (non-hydrogen) atoms. The van der Waals surface area contributed by atoms with E-state index in [0.717, 1.165) is 83.5 Å². The summed E-state index contributed by atoms with van der Waals surface area (Å²) >= 11 is 0. The van der Waals surface area contributed by atoms with Crippen LogP contribution in [0.15, 0.2) is 12.2 Å². The molecule has 0 radical (unpaired) electrons. The SMILES string of the molecule is CCCCCCC=CCCCCCCCCCC(=O)OCC(COP(=O)(O)OC1C(OC2OC(CO)C(O)C(O)C2O)C(O)C(O)C(O)C1OC1OC(CO)C(O)C(O)C1O)OC(=O)CCCCCCCCCCCCCCCC. The summed E-state index contributed by atoms with van der Waals surface area (Å²) in [5, 5.41) is 117. The first kappa shape index (κ1) is 72.4. The van der Waals surface area contributed by atoms with Crippen molar-refractivity contribution in [3.05, 3.63) is 12.2 Å². The van der Waals surface area contributed by atoms with Crippen molar-refractivity contribution >= 4 is 19.8 Å². The van der Waals surface area contributed by atoms with Crippen LogP contribution in [0.1, 0.15) is 200 Å². The summed E-state index contributed by atoms with van der Waals surface area (Å²) in [6.45, 7) is 1.00. The van der Waals surface area contributed by atoms with Crippen molar-refractivity contribution in [3.8, 4) is 0 Å². The fraction of sp³-hybridized carbons (Fsp3) is 0.929. The summed E-state index contributed by atoms with van der Waals surface area (Å²) in [6.07, 6.45) is -0.987. The van der Waals surface area contributed by atoms with Gasteiger partial charge in [-0.05, 0) is 38.5 Å². The highest BCUT2D eigenvalue weighted by Crippen LogP contribution is 2.49. The predicted molar refractivity (Wildman–Crippen MR) is 291 cm³/mol. The van der Waals surface area contributed by atoms with Gasteiger partial charge in [0.1, 0.15) is 92.1 Å². The van der Waals surface area contributed by atoms with Crippen LogP contribution >= 0.6 is 7.82 Å². The van der Waals surface area contributed by atoms with E-state index < -0.39 is 150 Å². The molecule has 3 rings (SSSR count). The number of rotatable bonds is 44. The number of carbonyl (C=O) groups excluding carboxylic acids is 2. The Bertz CT molecular complexity index is 1640. The number of aliphatic hydroxyl groups excluding tert-OH is 11. The molecular formula is C56H103O23P. The van der Waals surface area contributed by atoms with Gasteiger partial charge in [-0.2, -0.15) is 0 Å². The van der Waals surface area contributed by atoms with Gasteiger partial charge < -0.3 is 89.5 Å². The molecule has 3 aliphatic rings. The zero-order valence-corrected chi connectivity index (χ0v) is 48.5. The molecular weight excluding hydrogens is 1070 g/mol. The second-order valence-corrected chi connectivity index (χ2v) is 23.3. The van der Waals surface area contributed by atoms with Crippen LogP contribution in [0.25, 0.3) is 0 Å². The van der Waals surface area contributed by atoms with Crippen molar-refractivity contribution < 1.29 is 113 Å². The van der Waals surface area contributed by atoms with Crippen molar-refractivity contribution in [3.63, 3.8) is 0 Å². The molecule has 0 spiro atoms. The Morgan fingerprint density at radius 1 is 0.463 bits per heavy atom. The third-order valence-electron chi connectivity index (χ3n) is 15.1. The first-order valence-electron chi connectivity index (χ1n) is 30.0. The fourth-order valence-electron chi connectivity index (χ4n) is 10.1. The number of aliphatic hydroxyl groups is 11. The Morgan fingerprint density at radius 3 is 1.24 bits per heavy atom. The quantitative estimate of drug-likeness (QED) is 0.0175. The largest absolute Gasteiger partial charge is 0.472 e.